The molecule has 1 aliphatic rings. The number of ether oxygens (including phenoxy) is 1. The summed E-state index contributed by atoms with van der Waals surface area (Å²) in [4.78, 5) is 36.6. The molecule has 7 heteroatoms. The first-order valence-corrected chi connectivity index (χ1v) is 9.79. The number of thioether (sulfide) groups is 1. The molecule has 1 saturated heterocycles. The molecule has 6 nitrogen and oxygen atoms in total. The number of amides is 2. The van der Waals surface area contributed by atoms with Crippen LogP contribution in [-0.2, 0) is 20.7 Å². The molecule has 2 amide bonds. The van der Waals surface area contributed by atoms with Crippen molar-refractivity contribution in [2.45, 2.75) is 33.2 Å². The normalized spacial score (nSPS) is 15.2. The number of nitrogens with one attached hydrogen (secondary N) is 1. The first kappa shape index (κ1) is 20.3. The van der Waals surface area contributed by atoms with Crippen LogP contribution in [0.5, 0.6) is 0 Å². The molecule has 1 N–H and O–H groups in total. The molecule has 0 saturated carbocycles. The zero-order valence-electron chi connectivity index (χ0n) is 15.5. The predicted octanol–water partition coefficient (Wildman–Crippen LogP) is 2.77. The Hall–Kier alpha value is -2.02. The molecule has 142 valence electrons. The third-order valence-corrected chi connectivity index (χ3v) is 4.92. The predicted molar refractivity (Wildman–Crippen MR) is 102 cm³/mol. The SMILES string of the molecule is CC(C)Cc1ccc([C@@H](C)NC(=O)COC(=O)CN2CCSC2=O)cc1. The van der Waals surface area contributed by atoms with E-state index in [4.69, 9.17) is 4.74 Å². The number of esters is 1. The molecule has 1 aromatic carbocycles. The average Bonchev–Trinajstić information content (AvgIpc) is 2.98. The van der Waals surface area contributed by atoms with E-state index < -0.39 is 5.97 Å². The smallest absolute Gasteiger partial charge is 0.326 e. The van der Waals surface area contributed by atoms with Crippen LogP contribution in [0.25, 0.3) is 0 Å². The molecule has 1 heterocycles. The zero-order valence-corrected chi connectivity index (χ0v) is 16.3. The van der Waals surface area contributed by atoms with Crippen LogP contribution >= 0.6 is 11.8 Å². The Morgan fingerprint density at radius 2 is 1.92 bits per heavy atom. The first-order chi connectivity index (χ1) is 12.3. The van der Waals surface area contributed by atoms with Crippen molar-refractivity contribution in [3.8, 4) is 0 Å². The molecule has 1 atom stereocenters. The van der Waals surface area contributed by atoms with Crippen LogP contribution in [0, 0.1) is 5.92 Å². The maximum absolute atomic E-state index is 12.0. The standard InChI is InChI=1S/C19H26N2O4S/c1-13(2)10-15-4-6-16(7-5-15)14(3)20-17(22)12-25-18(23)11-21-8-9-26-19(21)24/h4-7,13-14H,8-12H2,1-3H3,(H,20,22)/t14-/m1/s1. The summed E-state index contributed by atoms with van der Waals surface area (Å²) < 4.78 is 4.96. The summed E-state index contributed by atoms with van der Waals surface area (Å²) in [6.07, 6.45) is 1.02. The van der Waals surface area contributed by atoms with Crippen LogP contribution in [0.15, 0.2) is 24.3 Å². The van der Waals surface area contributed by atoms with Crippen LogP contribution < -0.4 is 5.32 Å². The maximum atomic E-state index is 12.0. The van der Waals surface area contributed by atoms with Crippen molar-refractivity contribution in [1.29, 1.82) is 0 Å². The monoisotopic (exact) mass is 378 g/mol. The van der Waals surface area contributed by atoms with Gasteiger partial charge in [0.15, 0.2) is 6.61 Å². The highest BCUT2D eigenvalue weighted by Gasteiger charge is 2.24. The molecule has 0 unspecified atom stereocenters. The van der Waals surface area contributed by atoms with Gasteiger partial charge >= 0.3 is 5.97 Å². The van der Waals surface area contributed by atoms with E-state index in [1.54, 1.807) is 0 Å². The molecule has 0 aliphatic carbocycles. The van der Waals surface area contributed by atoms with Crippen LogP contribution in [0.3, 0.4) is 0 Å². The minimum absolute atomic E-state index is 0.105. The minimum atomic E-state index is -0.568. The number of hydrogen-bond donors (Lipinski definition) is 1. The highest BCUT2D eigenvalue weighted by atomic mass is 32.2. The quantitative estimate of drug-likeness (QED) is 0.704. The van der Waals surface area contributed by atoms with Crippen molar-refractivity contribution >= 4 is 28.9 Å². The van der Waals surface area contributed by atoms with Crippen molar-refractivity contribution in [1.82, 2.24) is 10.2 Å². The Balaban J connectivity index is 1.74. The number of carbonyl (C=O) groups is 3. The van der Waals surface area contributed by atoms with Gasteiger partial charge in [-0.05, 0) is 30.4 Å². The van der Waals surface area contributed by atoms with Gasteiger partial charge in [-0.2, -0.15) is 0 Å². The van der Waals surface area contributed by atoms with Crippen LogP contribution in [0.1, 0.15) is 37.9 Å². The summed E-state index contributed by atoms with van der Waals surface area (Å²) in [5.74, 6) is 0.350. The van der Waals surface area contributed by atoms with Crippen molar-refractivity contribution in [2.75, 3.05) is 25.4 Å². The van der Waals surface area contributed by atoms with Crippen molar-refractivity contribution in [3.63, 3.8) is 0 Å². The van der Waals surface area contributed by atoms with E-state index in [1.165, 1.54) is 22.2 Å². The molecule has 1 aromatic rings. The van der Waals surface area contributed by atoms with Gasteiger partial charge in [0, 0.05) is 12.3 Å². The largest absolute Gasteiger partial charge is 0.454 e. The Labute approximate surface area is 158 Å². The third-order valence-electron chi connectivity index (χ3n) is 4.03. The molecule has 0 aromatic heterocycles. The van der Waals surface area contributed by atoms with E-state index in [9.17, 15) is 14.4 Å². The number of carbonyl (C=O) groups excluding carboxylic acids is 3. The van der Waals surface area contributed by atoms with Gasteiger partial charge in [-0.1, -0.05) is 49.9 Å². The highest BCUT2D eigenvalue weighted by molar-refractivity contribution is 8.13. The molecule has 1 aliphatic heterocycles. The van der Waals surface area contributed by atoms with E-state index in [-0.39, 0.29) is 30.3 Å². The van der Waals surface area contributed by atoms with Crippen molar-refractivity contribution in [3.05, 3.63) is 35.4 Å². The average molecular weight is 378 g/mol. The van der Waals surface area contributed by atoms with Gasteiger partial charge in [0.2, 0.25) is 0 Å². The van der Waals surface area contributed by atoms with Gasteiger partial charge in [-0.3, -0.25) is 14.4 Å². The number of hydrogen-bond acceptors (Lipinski definition) is 5. The fourth-order valence-electron chi connectivity index (χ4n) is 2.70. The van der Waals surface area contributed by atoms with Gasteiger partial charge in [0.1, 0.15) is 6.54 Å². The second-order valence-electron chi connectivity index (χ2n) is 6.83. The van der Waals surface area contributed by atoms with Gasteiger partial charge in [-0.25, -0.2) is 0 Å². The van der Waals surface area contributed by atoms with Gasteiger partial charge in [0.05, 0.1) is 6.04 Å². The molecule has 26 heavy (non-hydrogen) atoms. The van der Waals surface area contributed by atoms with Crippen molar-refractivity contribution in [2.24, 2.45) is 5.92 Å². The Bertz CT molecular complexity index is 645. The fourth-order valence-corrected chi connectivity index (χ4v) is 3.52. The van der Waals surface area contributed by atoms with E-state index in [2.05, 4.69) is 31.3 Å². The highest BCUT2D eigenvalue weighted by Crippen LogP contribution is 2.17. The van der Waals surface area contributed by atoms with E-state index in [0.717, 1.165) is 12.0 Å². The summed E-state index contributed by atoms with van der Waals surface area (Å²) in [6, 6.07) is 7.98. The summed E-state index contributed by atoms with van der Waals surface area (Å²) >= 11 is 1.18. The number of rotatable bonds is 8. The second-order valence-corrected chi connectivity index (χ2v) is 7.87. The molecular weight excluding hydrogens is 352 g/mol. The van der Waals surface area contributed by atoms with E-state index >= 15 is 0 Å². The second kappa shape index (κ2) is 9.62. The molecular formula is C19H26N2O4S. The Morgan fingerprint density at radius 3 is 2.50 bits per heavy atom. The lowest BCUT2D eigenvalue weighted by atomic mass is 10.00. The molecule has 0 spiro atoms. The fraction of sp³-hybridized carbons (Fsp3) is 0.526. The molecule has 2 rings (SSSR count). The maximum Gasteiger partial charge on any atom is 0.326 e. The van der Waals surface area contributed by atoms with Crippen LogP contribution in [0.2, 0.25) is 0 Å². The van der Waals surface area contributed by atoms with Gasteiger partial charge in [0.25, 0.3) is 11.1 Å². The third kappa shape index (κ3) is 6.37. The topological polar surface area (TPSA) is 75.7 Å². The molecule has 1 fully saturated rings. The number of nitrogens with zero attached hydrogens (tertiary/aromatic N) is 1. The van der Waals surface area contributed by atoms with E-state index in [0.29, 0.717) is 18.2 Å². The zero-order chi connectivity index (χ0) is 19.1. The lowest BCUT2D eigenvalue weighted by molar-refractivity contribution is -0.149. The summed E-state index contributed by atoms with van der Waals surface area (Å²) in [6.45, 7) is 6.33. The van der Waals surface area contributed by atoms with Crippen LogP contribution in [-0.4, -0.2) is 47.5 Å². The number of benzene rings is 1. The molecule has 0 bridgehead atoms. The van der Waals surface area contributed by atoms with Crippen LogP contribution in [0.4, 0.5) is 4.79 Å². The lowest BCUT2D eigenvalue weighted by Crippen LogP contribution is -2.35. The van der Waals surface area contributed by atoms with Crippen molar-refractivity contribution < 1.29 is 19.1 Å². The summed E-state index contributed by atoms with van der Waals surface area (Å²) in [7, 11) is 0. The first-order valence-electron chi connectivity index (χ1n) is 8.80. The van der Waals surface area contributed by atoms with Gasteiger partial charge in [-0.15, -0.1) is 0 Å². The van der Waals surface area contributed by atoms with Gasteiger partial charge < -0.3 is 15.0 Å². The summed E-state index contributed by atoms with van der Waals surface area (Å²) in [5, 5.41) is 2.69. The Morgan fingerprint density at radius 1 is 1.23 bits per heavy atom. The Kier molecular flexibility index (Phi) is 7.50. The minimum Gasteiger partial charge on any atom is -0.454 e. The van der Waals surface area contributed by atoms with E-state index in [1.807, 2.05) is 19.1 Å². The molecule has 0 radical (unpaired) electrons. The summed E-state index contributed by atoms with van der Waals surface area (Å²) in [5.41, 5.74) is 2.27. The lowest BCUT2D eigenvalue weighted by Gasteiger charge is -2.16.